The first-order valence-corrected chi connectivity index (χ1v) is 7.55. The maximum Gasteiger partial charge on any atom is 0.263 e. The second kappa shape index (κ2) is 5.85. The highest BCUT2D eigenvalue weighted by molar-refractivity contribution is 7.14. The van der Waals surface area contributed by atoms with Crippen LogP contribution in [0.2, 0.25) is 0 Å². The molecule has 0 bridgehead atoms. The normalized spacial score (nSPS) is 23.3. The van der Waals surface area contributed by atoms with E-state index in [0.717, 1.165) is 24.1 Å². The molecule has 1 fully saturated rings. The summed E-state index contributed by atoms with van der Waals surface area (Å²) in [5.74, 6) is 0.634. The van der Waals surface area contributed by atoms with E-state index in [1.807, 2.05) is 18.0 Å². The van der Waals surface area contributed by atoms with Gasteiger partial charge in [0.25, 0.3) is 5.91 Å². The third kappa shape index (κ3) is 2.59. The Bertz CT molecular complexity index is 416. The van der Waals surface area contributed by atoms with Gasteiger partial charge in [0.05, 0.1) is 4.88 Å². The average Bonchev–Trinajstić information content (AvgIpc) is 3.04. The van der Waals surface area contributed by atoms with Crippen molar-refractivity contribution in [1.29, 1.82) is 0 Å². The molecule has 1 aromatic heterocycles. The lowest BCUT2D eigenvalue weighted by Gasteiger charge is -2.28. The van der Waals surface area contributed by atoms with Crippen molar-refractivity contribution in [3.63, 3.8) is 0 Å². The van der Waals surface area contributed by atoms with E-state index in [-0.39, 0.29) is 5.91 Å². The van der Waals surface area contributed by atoms with Crippen LogP contribution in [0.3, 0.4) is 0 Å². The molecule has 3 nitrogen and oxygen atoms in total. The molecule has 1 heterocycles. The first kappa shape index (κ1) is 13.6. The second-order valence-electron chi connectivity index (χ2n) is 5.03. The van der Waals surface area contributed by atoms with Crippen LogP contribution in [-0.2, 0) is 6.42 Å². The van der Waals surface area contributed by atoms with Gasteiger partial charge in [0.1, 0.15) is 0 Å². The van der Waals surface area contributed by atoms with Gasteiger partial charge in [-0.15, -0.1) is 11.3 Å². The first-order valence-electron chi connectivity index (χ1n) is 6.73. The van der Waals surface area contributed by atoms with Gasteiger partial charge in [-0.25, -0.2) is 0 Å². The molecule has 0 spiro atoms. The molecule has 2 unspecified atom stereocenters. The lowest BCUT2D eigenvalue weighted by Crippen LogP contribution is -2.41. The third-order valence-corrected chi connectivity index (χ3v) is 5.18. The van der Waals surface area contributed by atoms with E-state index >= 15 is 0 Å². The van der Waals surface area contributed by atoms with E-state index in [2.05, 4.69) is 13.0 Å². The summed E-state index contributed by atoms with van der Waals surface area (Å²) in [6, 6.07) is 4.34. The lowest BCUT2D eigenvalue weighted by molar-refractivity contribution is 0.0705. The smallest absolute Gasteiger partial charge is 0.263 e. The molecule has 2 N–H and O–H groups in total. The number of nitrogens with zero attached hydrogens (tertiary/aromatic N) is 1. The number of carbonyl (C=O) groups excluding carboxylic acids is 1. The van der Waals surface area contributed by atoms with Crippen LogP contribution < -0.4 is 5.73 Å². The standard InChI is InChI=1S/C14H22N2OS/c1-3-11-7-8-13(18-11)14(17)16(2)12-6-4-5-10(12)9-15/h7-8,10,12H,3-6,9,15H2,1-2H3. The van der Waals surface area contributed by atoms with Crippen molar-refractivity contribution in [3.8, 4) is 0 Å². The van der Waals surface area contributed by atoms with Crippen molar-refractivity contribution < 1.29 is 4.79 Å². The highest BCUT2D eigenvalue weighted by Gasteiger charge is 2.32. The molecule has 0 radical (unpaired) electrons. The highest BCUT2D eigenvalue weighted by Crippen LogP contribution is 2.30. The Kier molecular flexibility index (Phi) is 4.40. The van der Waals surface area contributed by atoms with E-state index in [9.17, 15) is 4.79 Å². The van der Waals surface area contributed by atoms with Gasteiger partial charge >= 0.3 is 0 Å². The van der Waals surface area contributed by atoms with Crippen molar-refractivity contribution >= 4 is 17.2 Å². The van der Waals surface area contributed by atoms with Crippen LogP contribution >= 0.6 is 11.3 Å². The number of hydrogen-bond donors (Lipinski definition) is 1. The van der Waals surface area contributed by atoms with Crippen molar-refractivity contribution in [2.75, 3.05) is 13.6 Å². The van der Waals surface area contributed by atoms with Crippen LogP contribution in [0.1, 0.15) is 40.7 Å². The summed E-state index contributed by atoms with van der Waals surface area (Å²) in [5.41, 5.74) is 5.79. The Balaban J connectivity index is 2.08. The predicted octanol–water partition coefficient (Wildman–Crippen LogP) is 2.51. The van der Waals surface area contributed by atoms with Crippen LogP contribution in [0.25, 0.3) is 0 Å². The van der Waals surface area contributed by atoms with E-state index in [1.165, 1.54) is 11.3 Å². The molecule has 0 saturated heterocycles. The summed E-state index contributed by atoms with van der Waals surface area (Å²) < 4.78 is 0. The van der Waals surface area contributed by atoms with Gasteiger partial charge in [0, 0.05) is 18.0 Å². The zero-order valence-corrected chi connectivity index (χ0v) is 12.0. The fourth-order valence-electron chi connectivity index (χ4n) is 2.81. The molecule has 2 rings (SSSR count). The van der Waals surface area contributed by atoms with Gasteiger partial charge in [-0.3, -0.25) is 4.79 Å². The Labute approximate surface area is 113 Å². The minimum Gasteiger partial charge on any atom is -0.338 e. The molecule has 1 aromatic rings. The number of carbonyl (C=O) groups is 1. The number of amides is 1. The zero-order valence-electron chi connectivity index (χ0n) is 11.2. The zero-order chi connectivity index (χ0) is 13.1. The Hall–Kier alpha value is -0.870. The molecule has 1 aliphatic rings. The SMILES string of the molecule is CCc1ccc(C(=O)N(C)C2CCCC2CN)s1. The maximum atomic E-state index is 12.4. The quantitative estimate of drug-likeness (QED) is 0.910. The molecular formula is C14H22N2OS. The van der Waals surface area contributed by atoms with Crippen LogP contribution in [-0.4, -0.2) is 30.4 Å². The number of rotatable bonds is 4. The molecular weight excluding hydrogens is 244 g/mol. The molecule has 1 aliphatic carbocycles. The summed E-state index contributed by atoms with van der Waals surface area (Å²) in [4.78, 5) is 16.5. The topological polar surface area (TPSA) is 46.3 Å². The Morgan fingerprint density at radius 2 is 2.28 bits per heavy atom. The molecule has 0 aliphatic heterocycles. The van der Waals surface area contributed by atoms with Crippen molar-refractivity contribution in [3.05, 3.63) is 21.9 Å². The van der Waals surface area contributed by atoms with Crippen LogP contribution in [0.4, 0.5) is 0 Å². The minimum absolute atomic E-state index is 0.157. The van der Waals surface area contributed by atoms with Gasteiger partial charge in [-0.1, -0.05) is 13.3 Å². The lowest BCUT2D eigenvalue weighted by atomic mass is 10.0. The van der Waals surface area contributed by atoms with E-state index in [1.54, 1.807) is 11.3 Å². The molecule has 1 saturated carbocycles. The molecule has 18 heavy (non-hydrogen) atoms. The number of hydrogen-bond acceptors (Lipinski definition) is 3. The second-order valence-corrected chi connectivity index (χ2v) is 6.20. The van der Waals surface area contributed by atoms with E-state index in [0.29, 0.717) is 18.5 Å². The maximum absolute atomic E-state index is 12.4. The molecule has 2 atom stereocenters. The molecule has 1 amide bonds. The van der Waals surface area contributed by atoms with Gasteiger partial charge in [-0.2, -0.15) is 0 Å². The van der Waals surface area contributed by atoms with Crippen LogP contribution in [0.5, 0.6) is 0 Å². The van der Waals surface area contributed by atoms with E-state index < -0.39 is 0 Å². The van der Waals surface area contributed by atoms with Crippen molar-refractivity contribution in [2.45, 2.75) is 38.6 Å². The molecule has 0 aromatic carbocycles. The predicted molar refractivity (Wildman–Crippen MR) is 76.0 cm³/mol. The van der Waals surface area contributed by atoms with Gasteiger partial charge in [-0.05, 0) is 43.9 Å². The summed E-state index contributed by atoms with van der Waals surface area (Å²) in [6.45, 7) is 2.80. The van der Waals surface area contributed by atoms with Crippen LogP contribution in [0, 0.1) is 5.92 Å². The fraction of sp³-hybridized carbons (Fsp3) is 0.643. The third-order valence-electron chi connectivity index (χ3n) is 3.96. The number of thiophene rings is 1. The molecule has 100 valence electrons. The van der Waals surface area contributed by atoms with Gasteiger partial charge < -0.3 is 10.6 Å². The average molecular weight is 266 g/mol. The van der Waals surface area contributed by atoms with Gasteiger partial charge in [0.2, 0.25) is 0 Å². The monoisotopic (exact) mass is 266 g/mol. The summed E-state index contributed by atoms with van der Waals surface area (Å²) in [5, 5.41) is 0. The summed E-state index contributed by atoms with van der Waals surface area (Å²) >= 11 is 1.61. The summed E-state index contributed by atoms with van der Waals surface area (Å²) in [6.07, 6.45) is 4.44. The number of nitrogens with two attached hydrogens (primary N) is 1. The fourth-order valence-corrected chi connectivity index (χ4v) is 3.74. The van der Waals surface area contributed by atoms with Crippen molar-refractivity contribution in [1.82, 2.24) is 4.90 Å². The van der Waals surface area contributed by atoms with Gasteiger partial charge in [0.15, 0.2) is 0 Å². The highest BCUT2D eigenvalue weighted by atomic mass is 32.1. The minimum atomic E-state index is 0.157. The van der Waals surface area contributed by atoms with E-state index in [4.69, 9.17) is 5.73 Å². The first-order chi connectivity index (χ1) is 8.67. The molecule has 4 heteroatoms. The Morgan fingerprint density at radius 3 is 2.89 bits per heavy atom. The summed E-state index contributed by atoms with van der Waals surface area (Å²) in [7, 11) is 1.92. The number of aryl methyl sites for hydroxylation is 1. The Morgan fingerprint density at radius 1 is 1.50 bits per heavy atom. The largest absolute Gasteiger partial charge is 0.338 e. The van der Waals surface area contributed by atoms with Crippen molar-refractivity contribution in [2.24, 2.45) is 11.7 Å². The van der Waals surface area contributed by atoms with Crippen LogP contribution in [0.15, 0.2) is 12.1 Å².